The molecule has 0 unspecified atom stereocenters. The van der Waals surface area contributed by atoms with Gasteiger partial charge < -0.3 is 10.3 Å². The van der Waals surface area contributed by atoms with E-state index < -0.39 is 0 Å². The average Bonchev–Trinajstić information content (AvgIpc) is 2.71. The lowest BCUT2D eigenvalue weighted by Crippen LogP contribution is -2.12. The summed E-state index contributed by atoms with van der Waals surface area (Å²) in [6, 6.07) is 3.98. The van der Waals surface area contributed by atoms with Gasteiger partial charge in [0, 0.05) is 29.5 Å². The normalized spacial score (nSPS) is 10.8. The lowest BCUT2D eigenvalue weighted by Gasteiger charge is -2.06. The zero-order valence-corrected chi connectivity index (χ0v) is 12.4. The molecule has 0 aliphatic heterocycles. The summed E-state index contributed by atoms with van der Waals surface area (Å²) in [5.74, 6) is 1.67. The maximum absolute atomic E-state index is 5.58. The number of aromatic nitrogens is 4. The Morgan fingerprint density at radius 2 is 2.22 bits per heavy atom. The Hall–Kier alpha value is -0.920. The zero-order chi connectivity index (χ0) is 13.0. The first kappa shape index (κ1) is 13.5. The van der Waals surface area contributed by atoms with Crippen LogP contribution in [0.4, 0.5) is 0 Å². The van der Waals surface area contributed by atoms with Gasteiger partial charge in [-0.3, -0.25) is 4.98 Å². The van der Waals surface area contributed by atoms with E-state index >= 15 is 0 Å². The van der Waals surface area contributed by atoms with E-state index in [-0.39, 0.29) is 0 Å². The van der Waals surface area contributed by atoms with Crippen molar-refractivity contribution in [2.45, 2.75) is 24.4 Å². The molecule has 0 spiro atoms. The lowest BCUT2D eigenvalue weighted by atomic mass is 10.4. The van der Waals surface area contributed by atoms with Crippen LogP contribution in [0.3, 0.4) is 0 Å². The van der Waals surface area contributed by atoms with Gasteiger partial charge in [-0.15, -0.1) is 10.2 Å². The van der Waals surface area contributed by atoms with Gasteiger partial charge in [0.2, 0.25) is 0 Å². The molecule has 7 heteroatoms. The number of thioether (sulfide) groups is 1. The second kappa shape index (κ2) is 6.31. The Labute approximate surface area is 118 Å². The van der Waals surface area contributed by atoms with Crippen LogP contribution in [0, 0.1) is 6.92 Å². The minimum Gasteiger partial charge on any atom is -0.329 e. The van der Waals surface area contributed by atoms with E-state index in [1.54, 1.807) is 18.0 Å². The highest BCUT2D eigenvalue weighted by Gasteiger charge is 2.09. The number of aryl methyl sites for hydroxylation is 1. The number of rotatable bonds is 5. The van der Waals surface area contributed by atoms with Crippen molar-refractivity contribution in [3.8, 4) is 0 Å². The molecule has 0 aromatic carbocycles. The third-order valence-corrected chi connectivity index (χ3v) is 3.86. The molecule has 2 rings (SSSR count). The Bertz CT molecular complexity index is 511. The van der Waals surface area contributed by atoms with Gasteiger partial charge in [0.1, 0.15) is 5.82 Å². The first-order chi connectivity index (χ1) is 8.70. The molecule has 2 aromatic heterocycles. The molecule has 18 heavy (non-hydrogen) atoms. The van der Waals surface area contributed by atoms with E-state index in [9.17, 15) is 0 Å². The molecule has 0 atom stereocenters. The number of hydrogen-bond acceptors (Lipinski definition) is 5. The topological polar surface area (TPSA) is 69.6 Å². The Morgan fingerprint density at radius 1 is 1.39 bits per heavy atom. The van der Waals surface area contributed by atoms with Crippen LogP contribution in [0.2, 0.25) is 0 Å². The van der Waals surface area contributed by atoms with E-state index in [1.807, 2.05) is 23.6 Å². The second-order valence-corrected chi connectivity index (χ2v) is 5.58. The molecule has 0 amide bonds. The quantitative estimate of drug-likeness (QED) is 0.850. The van der Waals surface area contributed by atoms with Crippen molar-refractivity contribution in [2.75, 3.05) is 6.54 Å². The van der Waals surface area contributed by atoms with Gasteiger partial charge in [0.15, 0.2) is 5.16 Å². The van der Waals surface area contributed by atoms with Crippen LogP contribution in [0.5, 0.6) is 0 Å². The predicted molar refractivity (Wildman–Crippen MR) is 75.3 cm³/mol. The maximum Gasteiger partial charge on any atom is 0.191 e. The van der Waals surface area contributed by atoms with Crippen LogP contribution in [-0.2, 0) is 12.3 Å². The van der Waals surface area contributed by atoms with E-state index in [0.29, 0.717) is 6.54 Å². The first-order valence-electron chi connectivity index (χ1n) is 5.54. The Kier molecular flexibility index (Phi) is 4.73. The lowest BCUT2D eigenvalue weighted by molar-refractivity contribution is 0.627. The number of nitrogens with zero attached hydrogens (tertiary/aromatic N) is 4. The van der Waals surface area contributed by atoms with Crippen molar-refractivity contribution in [3.05, 3.63) is 34.3 Å². The summed E-state index contributed by atoms with van der Waals surface area (Å²) in [5, 5.41) is 9.11. The molecular weight excluding hydrogens is 314 g/mol. The third kappa shape index (κ3) is 3.30. The fraction of sp³-hybridized carbons (Fsp3) is 0.364. The van der Waals surface area contributed by atoms with E-state index in [4.69, 9.17) is 5.73 Å². The summed E-state index contributed by atoms with van der Waals surface area (Å²) in [4.78, 5) is 4.33. The van der Waals surface area contributed by atoms with Gasteiger partial charge in [-0.05, 0) is 35.0 Å². The van der Waals surface area contributed by atoms with Crippen LogP contribution in [0.25, 0.3) is 0 Å². The largest absolute Gasteiger partial charge is 0.329 e. The minimum absolute atomic E-state index is 0.586. The van der Waals surface area contributed by atoms with Crippen LogP contribution in [0.15, 0.2) is 28.0 Å². The van der Waals surface area contributed by atoms with Gasteiger partial charge in [-0.25, -0.2) is 0 Å². The number of halogens is 1. The molecule has 2 aromatic rings. The van der Waals surface area contributed by atoms with E-state index in [1.165, 1.54) is 0 Å². The van der Waals surface area contributed by atoms with Gasteiger partial charge in [0.05, 0.1) is 5.69 Å². The standard InChI is InChI=1S/C11H14BrN5S/c1-8-15-16-11(17(8)5-4-13)18-7-10-3-2-9(12)6-14-10/h2-3,6H,4-5,7,13H2,1H3. The molecule has 0 aliphatic carbocycles. The molecular formula is C11H14BrN5S. The van der Waals surface area contributed by atoms with Gasteiger partial charge in [0.25, 0.3) is 0 Å². The molecule has 0 bridgehead atoms. The third-order valence-electron chi connectivity index (χ3n) is 2.39. The number of pyridine rings is 1. The van der Waals surface area contributed by atoms with Crippen molar-refractivity contribution < 1.29 is 0 Å². The molecule has 0 radical (unpaired) electrons. The van der Waals surface area contributed by atoms with Gasteiger partial charge in [-0.1, -0.05) is 11.8 Å². The highest BCUT2D eigenvalue weighted by Crippen LogP contribution is 2.21. The van der Waals surface area contributed by atoms with Crippen molar-refractivity contribution in [2.24, 2.45) is 5.73 Å². The zero-order valence-electron chi connectivity index (χ0n) is 10.0. The molecule has 0 fully saturated rings. The molecule has 5 nitrogen and oxygen atoms in total. The Balaban J connectivity index is 2.03. The van der Waals surface area contributed by atoms with Gasteiger partial charge in [-0.2, -0.15) is 0 Å². The summed E-state index contributed by atoms with van der Waals surface area (Å²) < 4.78 is 3.02. The van der Waals surface area contributed by atoms with E-state index in [0.717, 1.165) is 33.4 Å². The van der Waals surface area contributed by atoms with Crippen LogP contribution < -0.4 is 5.73 Å². The average molecular weight is 328 g/mol. The molecule has 2 N–H and O–H groups in total. The first-order valence-corrected chi connectivity index (χ1v) is 7.31. The van der Waals surface area contributed by atoms with Gasteiger partial charge >= 0.3 is 0 Å². The summed E-state index contributed by atoms with van der Waals surface area (Å²) in [6.07, 6.45) is 1.80. The maximum atomic E-state index is 5.58. The van der Waals surface area contributed by atoms with Crippen molar-refractivity contribution in [1.82, 2.24) is 19.7 Å². The Morgan fingerprint density at radius 3 is 2.89 bits per heavy atom. The summed E-state index contributed by atoms with van der Waals surface area (Å²) >= 11 is 4.99. The minimum atomic E-state index is 0.586. The fourth-order valence-electron chi connectivity index (χ4n) is 1.49. The molecule has 96 valence electrons. The SMILES string of the molecule is Cc1nnc(SCc2ccc(Br)cn2)n1CCN. The number of nitrogens with two attached hydrogens (primary N) is 1. The highest BCUT2D eigenvalue weighted by molar-refractivity contribution is 9.10. The highest BCUT2D eigenvalue weighted by atomic mass is 79.9. The molecule has 2 heterocycles. The smallest absolute Gasteiger partial charge is 0.191 e. The van der Waals surface area contributed by atoms with Crippen molar-refractivity contribution in [1.29, 1.82) is 0 Å². The summed E-state index contributed by atoms with van der Waals surface area (Å²) in [5.41, 5.74) is 6.60. The fourth-order valence-corrected chi connectivity index (χ4v) is 2.65. The van der Waals surface area contributed by atoms with Crippen molar-refractivity contribution in [3.63, 3.8) is 0 Å². The molecule has 0 saturated heterocycles. The number of hydrogen-bond donors (Lipinski definition) is 1. The second-order valence-electron chi connectivity index (χ2n) is 3.73. The summed E-state index contributed by atoms with van der Waals surface area (Å²) in [7, 11) is 0. The monoisotopic (exact) mass is 327 g/mol. The predicted octanol–water partition coefficient (Wildman–Crippen LogP) is 2.00. The van der Waals surface area contributed by atoms with E-state index in [2.05, 4.69) is 31.1 Å². The van der Waals surface area contributed by atoms with Crippen LogP contribution in [-0.4, -0.2) is 26.3 Å². The van der Waals surface area contributed by atoms with Crippen LogP contribution >= 0.6 is 27.7 Å². The molecule has 0 aliphatic rings. The molecule has 0 saturated carbocycles. The summed E-state index contributed by atoms with van der Waals surface area (Å²) in [6.45, 7) is 3.27. The van der Waals surface area contributed by atoms with Crippen molar-refractivity contribution >= 4 is 27.7 Å². The van der Waals surface area contributed by atoms with Crippen LogP contribution in [0.1, 0.15) is 11.5 Å².